The summed E-state index contributed by atoms with van der Waals surface area (Å²) in [7, 11) is -3.13. The first-order valence-electron chi connectivity index (χ1n) is 6.21. The quantitative estimate of drug-likeness (QED) is 0.659. The van der Waals surface area contributed by atoms with Crippen LogP contribution in [0, 0.1) is 0 Å². The van der Waals surface area contributed by atoms with Crippen molar-refractivity contribution in [2.45, 2.75) is 32.9 Å². The fourth-order valence-corrected chi connectivity index (χ4v) is 4.26. The van der Waals surface area contributed by atoms with Gasteiger partial charge < -0.3 is 9.05 Å². The van der Waals surface area contributed by atoms with E-state index in [0.29, 0.717) is 24.7 Å². The highest BCUT2D eigenvalue weighted by atomic mass is 35.5. The predicted octanol–water partition coefficient (Wildman–Crippen LogP) is 5.06. The number of hydrogen-bond donors (Lipinski definition) is 0. The van der Waals surface area contributed by atoms with Crippen molar-refractivity contribution in [2.75, 3.05) is 13.2 Å². The summed E-state index contributed by atoms with van der Waals surface area (Å²) in [4.78, 5) is 0. The number of halogens is 1. The average molecular weight is 291 g/mol. The van der Waals surface area contributed by atoms with Crippen LogP contribution in [0.2, 0.25) is 5.02 Å². The van der Waals surface area contributed by atoms with Crippen LogP contribution in [-0.4, -0.2) is 13.2 Å². The molecule has 0 saturated carbocycles. The Labute approximate surface area is 114 Å². The van der Waals surface area contributed by atoms with Crippen molar-refractivity contribution < 1.29 is 13.6 Å². The molecule has 0 amide bonds. The van der Waals surface area contributed by atoms with Crippen LogP contribution in [0.1, 0.15) is 38.4 Å². The molecule has 3 nitrogen and oxygen atoms in total. The van der Waals surface area contributed by atoms with Crippen molar-refractivity contribution >= 4 is 19.2 Å². The lowest BCUT2D eigenvalue weighted by Crippen LogP contribution is -2.06. The molecule has 0 fully saturated rings. The fourth-order valence-electron chi connectivity index (χ4n) is 1.93. The maximum atomic E-state index is 12.8. The predicted molar refractivity (Wildman–Crippen MR) is 75.3 cm³/mol. The minimum Gasteiger partial charge on any atom is -0.308 e. The van der Waals surface area contributed by atoms with E-state index in [1.54, 1.807) is 6.07 Å². The molecular formula is C13H20ClO3P. The molecule has 1 rings (SSSR count). The summed E-state index contributed by atoms with van der Waals surface area (Å²) < 4.78 is 23.6. The molecule has 0 radical (unpaired) electrons. The molecule has 0 spiro atoms. The smallest absolute Gasteiger partial charge is 0.308 e. The van der Waals surface area contributed by atoms with Gasteiger partial charge in [0.05, 0.1) is 18.9 Å². The molecule has 18 heavy (non-hydrogen) atoms. The lowest BCUT2D eigenvalue weighted by molar-refractivity contribution is 0.211. The van der Waals surface area contributed by atoms with Gasteiger partial charge in [0.2, 0.25) is 0 Å². The van der Waals surface area contributed by atoms with Gasteiger partial charge in [-0.15, -0.1) is 0 Å². The molecule has 0 aromatic heterocycles. The number of rotatable bonds is 7. The molecule has 5 heteroatoms. The molecule has 1 aromatic carbocycles. The first kappa shape index (κ1) is 15.7. The van der Waals surface area contributed by atoms with Gasteiger partial charge in [-0.05, 0) is 38.0 Å². The van der Waals surface area contributed by atoms with Gasteiger partial charge in [0.15, 0.2) is 0 Å². The Morgan fingerprint density at radius 2 is 1.83 bits per heavy atom. The van der Waals surface area contributed by atoms with Gasteiger partial charge >= 0.3 is 7.60 Å². The number of hydrogen-bond acceptors (Lipinski definition) is 3. The second-order valence-electron chi connectivity index (χ2n) is 3.85. The molecular weight excluding hydrogens is 271 g/mol. The minimum absolute atomic E-state index is 0.268. The summed E-state index contributed by atoms with van der Waals surface area (Å²) in [5, 5.41) is 0.630. The standard InChI is InChI=1S/C13H20ClO3P/c1-4-13(11-8-7-9-12(14)10-11)18(15,16-5-2)17-6-3/h7-10,13H,4-6H2,1-3H3. The molecule has 0 heterocycles. The molecule has 0 N–H and O–H groups in total. The highest BCUT2D eigenvalue weighted by molar-refractivity contribution is 7.54. The molecule has 1 aromatic rings. The molecule has 0 aliphatic heterocycles. The largest absolute Gasteiger partial charge is 0.338 e. The Morgan fingerprint density at radius 3 is 2.28 bits per heavy atom. The Hall–Kier alpha value is -0.340. The Balaban J connectivity index is 3.09. The SMILES string of the molecule is CCOP(=O)(OCC)C(CC)c1cccc(Cl)c1. The summed E-state index contributed by atoms with van der Waals surface area (Å²) in [5.41, 5.74) is 0.631. The molecule has 0 aliphatic carbocycles. The highest BCUT2D eigenvalue weighted by Gasteiger charge is 2.35. The van der Waals surface area contributed by atoms with E-state index in [0.717, 1.165) is 5.56 Å². The van der Waals surface area contributed by atoms with E-state index in [4.69, 9.17) is 20.6 Å². The summed E-state index contributed by atoms with van der Waals surface area (Å²) in [6.45, 7) is 6.34. The summed E-state index contributed by atoms with van der Waals surface area (Å²) in [6, 6.07) is 7.37. The van der Waals surface area contributed by atoms with E-state index in [1.807, 2.05) is 39.0 Å². The Morgan fingerprint density at radius 1 is 1.22 bits per heavy atom. The van der Waals surface area contributed by atoms with Crippen molar-refractivity contribution in [2.24, 2.45) is 0 Å². The minimum atomic E-state index is -3.13. The van der Waals surface area contributed by atoms with Crippen molar-refractivity contribution in [3.05, 3.63) is 34.9 Å². The van der Waals surface area contributed by atoms with Gasteiger partial charge in [-0.2, -0.15) is 0 Å². The van der Waals surface area contributed by atoms with E-state index in [2.05, 4.69) is 0 Å². The van der Waals surface area contributed by atoms with Crippen LogP contribution >= 0.6 is 19.2 Å². The van der Waals surface area contributed by atoms with Gasteiger partial charge in [0.1, 0.15) is 0 Å². The zero-order valence-electron chi connectivity index (χ0n) is 11.1. The summed E-state index contributed by atoms with van der Waals surface area (Å²) in [6.07, 6.45) is 0.678. The van der Waals surface area contributed by atoms with Gasteiger partial charge in [0.25, 0.3) is 0 Å². The summed E-state index contributed by atoms with van der Waals surface area (Å²) >= 11 is 5.98. The molecule has 102 valence electrons. The van der Waals surface area contributed by atoms with Crippen LogP contribution in [0.3, 0.4) is 0 Å². The molecule has 0 aliphatic rings. The first-order chi connectivity index (χ1) is 8.57. The third kappa shape index (κ3) is 3.83. The maximum Gasteiger partial charge on any atom is 0.338 e. The van der Waals surface area contributed by atoms with Gasteiger partial charge in [-0.1, -0.05) is 30.7 Å². The van der Waals surface area contributed by atoms with E-state index < -0.39 is 7.60 Å². The highest BCUT2D eigenvalue weighted by Crippen LogP contribution is 2.62. The topological polar surface area (TPSA) is 35.5 Å². The first-order valence-corrected chi connectivity index (χ1v) is 8.20. The Bertz CT molecular complexity index is 412. The lowest BCUT2D eigenvalue weighted by atomic mass is 10.1. The molecule has 1 atom stereocenters. The fraction of sp³-hybridized carbons (Fsp3) is 0.538. The van der Waals surface area contributed by atoms with Crippen LogP contribution in [0.5, 0.6) is 0 Å². The molecule has 0 bridgehead atoms. The van der Waals surface area contributed by atoms with Crippen molar-refractivity contribution in [3.63, 3.8) is 0 Å². The van der Waals surface area contributed by atoms with Crippen molar-refractivity contribution in [3.8, 4) is 0 Å². The van der Waals surface area contributed by atoms with E-state index in [1.165, 1.54) is 0 Å². The van der Waals surface area contributed by atoms with Gasteiger partial charge in [-0.25, -0.2) is 0 Å². The van der Waals surface area contributed by atoms with Crippen molar-refractivity contribution in [1.29, 1.82) is 0 Å². The van der Waals surface area contributed by atoms with Crippen LogP contribution in [0.25, 0.3) is 0 Å². The van der Waals surface area contributed by atoms with Gasteiger partial charge in [-0.3, -0.25) is 4.57 Å². The molecule has 0 saturated heterocycles. The van der Waals surface area contributed by atoms with Crippen molar-refractivity contribution in [1.82, 2.24) is 0 Å². The van der Waals surface area contributed by atoms with E-state index in [9.17, 15) is 4.57 Å². The van der Waals surface area contributed by atoms with Crippen LogP contribution in [-0.2, 0) is 13.6 Å². The Kier molecular flexibility index (Phi) is 6.37. The van der Waals surface area contributed by atoms with Crippen LogP contribution in [0.4, 0.5) is 0 Å². The van der Waals surface area contributed by atoms with E-state index >= 15 is 0 Å². The average Bonchev–Trinajstić information content (AvgIpc) is 2.30. The van der Waals surface area contributed by atoms with Gasteiger partial charge in [0, 0.05) is 5.02 Å². The second-order valence-corrected chi connectivity index (χ2v) is 6.51. The third-order valence-electron chi connectivity index (χ3n) is 2.62. The zero-order chi connectivity index (χ0) is 13.6. The van der Waals surface area contributed by atoms with Crippen LogP contribution < -0.4 is 0 Å². The third-order valence-corrected chi connectivity index (χ3v) is 5.52. The number of benzene rings is 1. The van der Waals surface area contributed by atoms with E-state index in [-0.39, 0.29) is 5.66 Å². The summed E-state index contributed by atoms with van der Waals surface area (Å²) in [5.74, 6) is 0. The molecule has 1 unspecified atom stereocenters. The second kappa shape index (κ2) is 7.30. The lowest BCUT2D eigenvalue weighted by Gasteiger charge is -2.25. The zero-order valence-corrected chi connectivity index (χ0v) is 12.7. The maximum absolute atomic E-state index is 12.8. The monoisotopic (exact) mass is 290 g/mol. The normalized spacial score (nSPS) is 13.6. The van der Waals surface area contributed by atoms with Crippen LogP contribution in [0.15, 0.2) is 24.3 Å².